The quantitative estimate of drug-likeness (QED) is 0.732. The molecular weight excluding hydrogens is 356 g/mol. The van der Waals surface area contributed by atoms with E-state index in [0.29, 0.717) is 29.2 Å². The number of carbonyl (C=O) groups is 1. The fraction of sp³-hybridized carbons (Fsp3) is 0.389. The Balaban J connectivity index is 2.09. The van der Waals surface area contributed by atoms with Crippen molar-refractivity contribution in [3.05, 3.63) is 47.4 Å². The van der Waals surface area contributed by atoms with E-state index in [1.165, 1.54) is 13.2 Å². The van der Waals surface area contributed by atoms with Crippen LogP contribution in [-0.2, 0) is 21.4 Å². The highest BCUT2D eigenvalue weighted by Gasteiger charge is 2.24. The first kappa shape index (κ1) is 20.0. The van der Waals surface area contributed by atoms with Crippen molar-refractivity contribution in [1.29, 1.82) is 0 Å². The molecule has 0 spiro atoms. The molecule has 1 amide bonds. The van der Waals surface area contributed by atoms with Gasteiger partial charge in [0.05, 0.1) is 30.4 Å². The van der Waals surface area contributed by atoms with Crippen LogP contribution in [0.4, 0.5) is 0 Å². The molecule has 1 aromatic heterocycles. The fourth-order valence-corrected chi connectivity index (χ4v) is 3.97. The van der Waals surface area contributed by atoms with Crippen molar-refractivity contribution in [2.24, 2.45) is 0 Å². The maximum atomic E-state index is 12.7. The Hall–Kier alpha value is -2.32. The van der Waals surface area contributed by atoms with Crippen LogP contribution in [0.3, 0.4) is 0 Å². The number of sulfonamides is 1. The number of aryl methyl sites for hydroxylation is 2. The zero-order valence-corrected chi connectivity index (χ0v) is 16.1. The highest BCUT2D eigenvalue weighted by atomic mass is 32.2. The second kappa shape index (κ2) is 8.37. The molecule has 0 aliphatic rings. The van der Waals surface area contributed by atoms with Crippen molar-refractivity contribution < 1.29 is 22.4 Å². The minimum atomic E-state index is -3.85. The maximum Gasteiger partial charge on any atom is 0.241 e. The van der Waals surface area contributed by atoms with Gasteiger partial charge in [-0.1, -0.05) is 0 Å². The molecule has 8 heteroatoms. The number of carbonyl (C=O) groups excluding carboxylic acids is 1. The van der Waals surface area contributed by atoms with Crippen LogP contribution < -0.4 is 14.8 Å². The summed E-state index contributed by atoms with van der Waals surface area (Å²) in [7, 11) is -3.85. The molecule has 0 saturated heterocycles. The van der Waals surface area contributed by atoms with Crippen molar-refractivity contribution in [2.75, 3.05) is 6.61 Å². The zero-order valence-electron chi connectivity index (χ0n) is 15.3. The van der Waals surface area contributed by atoms with Crippen LogP contribution in [0.25, 0.3) is 0 Å². The summed E-state index contributed by atoms with van der Waals surface area (Å²) in [4.78, 5) is 12.3. The standard InChI is InChI=1S/C18H24N2O5S/c1-5-24-16-9-13(3)17(10-12(16)2)26(22,23)20-14(4)18(21)19-11-15-7-6-8-25-15/h6-10,14,20H,5,11H2,1-4H3,(H,19,21)/t14-/m0/s1. The highest BCUT2D eigenvalue weighted by molar-refractivity contribution is 7.89. The number of hydrogen-bond acceptors (Lipinski definition) is 5. The Morgan fingerprint density at radius 3 is 2.62 bits per heavy atom. The SMILES string of the molecule is CCOc1cc(C)c(S(=O)(=O)N[C@@H](C)C(=O)NCc2ccco2)cc1C. The van der Waals surface area contributed by atoms with E-state index >= 15 is 0 Å². The van der Waals surface area contributed by atoms with Gasteiger partial charge in [0.2, 0.25) is 15.9 Å². The van der Waals surface area contributed by atoms with Crippen LogP contribution in [0, 0.1) is 13.8 Å². The first-order chi connectivity index (χ1) is 12.2. The van der Waals surface area contributed by atoms with E-state index in [-0.39, 0.29) is 11.4 Å². The third-order valence-corrected chi connectivity index (χ3v) is 5.49. The monoisotopic (exact) mass is 380 g/mol. The predicted octanol–water partition coefficient (Wildman–Crippen LogP) is 2.28. The van der Waals surface area contributed by atoms with Gasteiger partial charge in [-0.05, 0) is 63.1 Å². The van der Waals surface area contributed by atoms with E-state index in [9.17, 15) is 13.2 Å². The molecule has 0 aliphatic carbocycles. The van der Waals surface area contributed by atoms with Gasteiger partial charge in [0.1, 0.15) is 11.5 Å². The third kappa shape index (κ3) is 4.86. The predicted molar refractivity (Wildman–Crippen MR) is 97.4 cm³/mol. The van der Waals surface area contributed by atoms with E-state index in [1.54, 1.807) is 38.1 Å². The minimum Gasteiger partial charge on any atom is -0.494 e. The van der Waals surface area contributed by atoms with Gasteiger partial charge in [0, 0.05) is 0 Å². The average molecular weight is 380 g/mol. The van der Waals surface area contributed by atoms with Crippen molar-refractivity contribution >= 4 is 15.9 Å². The molecule has 26 heavy (non-hydrogen) atoms. The Morgan fingerprint density at radius 2 is 2.00 bits per heavy atom. The third-order valence-electron chi connectivity index (χ3n) is 3.80. The normalized spacial score (nSPS) is 12.6. The molecule has 0 saturated carbocycles. The first-order valence-corrected chi connectivity index (χ1v) is 9.79. The Labute approximate surface area is 153 Å². The van der Waals surface area contributed by atoms with Crippen molar-refractivity contribution in [3.63, 3.8) is 0 Å². The Kier molecular flexibility index (Phi) is 6.44. The summed E-state index contributed by atoms with van der Waals surface area (Å²) in [5.41, 5.74) is 1.27. The number of hydrogen-bond donors (Lipinski definition) is 2. The number of nitrogens with one attached hydrogen (secondary N) is 2. The number of furan rings is 1. The molecular formula is C18H24N2O5S. The smallest absolute Gasteiger partial charge is 0.241 e. The fourth-order valence-electron chi connectivity index (χ4n) is 2.45. The molecule has 0 aliphatic heterocycles. The zero-order chi connectivity index (χ0) is 19.3. The molecule has 2 rings (SSSR count). The molecule has 2 aromatic rings. The van der Waals surface area contributed by atoms with E-state index in [4.69, 9.17) is 9.15 Å². The number of rotatable bonds is 8. The van der Waals surface area contributed by atoms with Gasteiger partial charge in [0.15, 0.2) is 0 Å². The molecule has 0 fully saturated rings. The summed E-state index contributed by atoms with van der Waals surface area (Å²) in [5, 5.41) is 2.63. The Bertz CT molecular complexity index is 860. The summed E-state index contributed by atoms with van der Waals surface area (Å²) >= 11 is 0. The van der Waals surface area contributed by atoms with Gasteiger partial charge < -0.3 is 14.5 Å². The molecule has 0 bridgehead atoms. The average Bonchev–Trinajstić information content (AvgIpc) is 3.08. The van der Waals surface area contributed by atoms with Crippen LogP contribution >= 0.6 is 0 Å². The molecule has 1 heterocycles. The van der Waals surface area contributed by atoms with Crippen molar-refractivity contribution in [1.82, 2.24) is 10.0 Å². The summed E-state index contributed by atoms with van der Waals surface area (Å²) in [6.45, 7) is 7.52. The van der Waals surface area contributed by atoms with Crippen LogP contribution in [0.2, 0.25) is 0 Å². The second-order valence-corrected chi connectivity index (χ2v) is 7.64. The number of amides is 1. The molecule has 142 valence electrons. The van der Waals surface area contributed by atoms with Gasteiger partial charge in [0.25, 0.3) is 0 Å². The molecule has 0 unspecified atom stereocenters. The van der Waals surface area contributed by atoms with Crippen molar-refractivity contribution in [3.8, 4) is 5.75 Å². The molecule has 1 atom stereocenters. The molecule has 0 radical (unpaired) electrons. The Morgan fingerprint density at radius 1 is 1.27 bits per heavy atom. The van der Waals surface area contributed by atoms with Crippen LogP contribution in [0.1, 0.15) is 30.7 Å². The van der Waals surface area contributed by atoms with Gasteiger partial charge in [-0.25, -0.2) is 8.42 Å². The second-order valence-electron chi connectivity index (χ2n) is 5.96. The largest absolute Gasteiger partial charge is 0.494 e. The molecule has 2 N–H and O–H groups in total. The lowest BCUT2D eigenvalue weighted by Crippen LogP contribution is -2.44. The summed E-state index contributed by atoms with van der Waals surface area (Å²) in [5.74, 6) is 0.796. The van der Waals surface area contributed by atoms with E-state index in [1.807, 2.05) is 6.92 Å². The van der Waals surface area contributed by atoms with Gasteiger partial charge >= 0.3 is 0 Å². The molecule has 7 nitrogen and oxygen atoms in total. The van der Waals surface area contributed by atoms with E-state index in [2.05, 4.69) is 10.0 Å². The summed E-state index contributed by atoms with van der Waals surface area (Å²) in [6.07, 6.45) is 1.50. The van der Waals surface area contributed by atoms with Crippen LogP contribution in [0.5, 0.6) is 5.75 Å². The van der Waals surface area contributed by atoms with Gasteiger partial charge in [-0.2, -0.15) is 4.72 Å². The minimum absolute atomic E-state index is 0.129. The lowest BCUT2D eigenvalue weighted by atomic mass is 10.1. The van der Waals surface area contributed by atoms with Crippen molar-refractivity contribution in [2.45, 2.75) is 45.2 Å². The maximum absolute atomic E-state index is 12.7. The van der Waals surface area contributed by atoms with Gasteiger partial charge in [-0.3, -0.25) is 4.79 Å². The topological polar surface area (TPSA) is 97.6 Å². The number of benzene rings is 1. The first-order valence-electron chi connectivity index (χ1n) is 8.31. The lowest BCUT2D eigenvalue weighted by molar-refractivity contribution is -0.122. The summed E-state index contributed by atoms with van der Waals surface area (Å²) < 4.78 is 38.4. The number of ether oxygens (including phenoxy) is 1. The molecule has 1 aromatic carbocycles. The van der Waals surface area contributed by atoms with Crippen LogP contribution in [-0.4, -0.2) is 27.0 Å². The highest BCUT2D eigenvalue weighted by Crippen LogP contribution is 2.26. The van der Waals surface area contributed by atoms with E-state index in [0.717, 1.165) is 0 Å². The van der Waals surface area contributed by atoms with E-state index < -0.39 is 22.0 Å². The van der Waals surface area contributed by atoms with Gasteiger partial charge in [-0.15, -0.1) is 0 Å². The lowest BCUT2D eigenvalue weighted by Gasteiger charge is -2.17. The van der Waals surface area contributed by atoms with Crippen LogP contribution in [0.15, 0.2) is 39.8 Å². The summed E-state index contributed by atoms with van der Waals surface area (Å²) in [6, 6.07) is 5.75.